The SMILES string of the molecule is N=C(OC(=N)c1ccco1)c1ccc(F)c(NC(=O)c2cc([N+](=O)[O-])ccc2F)c1. The number of ether oxygens (including phenoxy) is 1. The van der Waals surface area contributed by atoms with E-state index in [1.165, 1.54) is 24.5 Å². The number of halogens is 2. The van der Waals surface area contributed by atoms with Gasteiger partial charge in [-0.15, -0.1) is 0 Å². The Morgan fingerprint density at radius 3 is 2.47 bits per heavy atom. The van der Waals surface area contributed by atoms with E-state index < -0.39 is 51.2 Å². The van der Waals surface area contributed by atoms with Crippen molar-refractivity contribution in [3.63, 3.8) is 0 Å². The number of nitro groups is 1. The van der Waals surface area contributed by atoms with Gasteiger partial charge in [0.25, 0.3) is 17.5 Å². The fourth-order valence-corrected chi connectivity index (χ4v) is 2.37. The summed E-state index contributed by atoms with van der Waals surface area (Å²) in [5, 5.41) is 28.6. The van der Waals surface area contributed by atoms with E-state index in [4.69, 9.17) is 20.0 Å². The van der Waals surface area contributed by atoms with Gasteiger partial charge in [0.15, 0.2) is 5.76 Å². The number of rotatable bonds is 5. The number of amides is 1. The van der Waals surface area contributed by atoms with E-state index >= 15 is 0 Å². The zero-order valence-electron chi connectivity index (χ0n) is 14.9. The summed E-state index contributed by atoms with van der Waals surface area (Å²) in [6, 6.07) is 8.49. The number of hydrogen-bond acceptors (Lipinski definition) is 7. The standard InChI is InChI=1S/C19H12F2N4O5/c20-13-6-4-11(25(27)28)9-12(13)19(26)24-15-8-10(3-5-14(15)21)17(22)30-18(23)16-2-1-7-29-16/h1-9,22-23H,(H,24,26). The molecule has 152 valence electrons. The summed E-state index contributed by atoms with van der Waals surface area (Å²) in [5.41, 5.74) is -1.58. The van der Waals surface area contributed by atoms with Gasteiger partial charge in [0.05, 0.1) is 22.4 Å². The van der Waals surface area contributed by atoms with Crippen molar-refractivity contribution in [3.05, 3.63) is 93.4 Å². The largest absolute Gasteiger partial charge is 0.459 e. The molecule has 1 heterocycles. The highest BCUT2D eigenvalue weighted by atomic mass is 19.1. The maximum atomic E-state index is 14.1. The van der Waals surface area contributed by atoms with Gasteiger partial charge < -0.3 is 14.5 Å². The molecule has 0 atom stereocenters. The van der Waals surface area contributed by atoms with Crippen LogP contribution in [0.15, 0.2) is 59.2 Å². The Morgan fingerprint density at radius 2 is 1.80 bits per heavy atom. The number of furan rings is 1. The molecule has 0 fully saturated rings. The molecule has 0 aliphatic rings. The molecule has 0 aliphatic heterocycles. The number of hydrogen-bond donors (Lipinski definition) is 3. The molecule has 1 aromatic heterocycles. The van der Waals surface area contributed by atoms with E-state index in [0.717, 1.165) is 30.3 Å². The lowest BCUT2D eigenvalue weighted by Crippen LogP contribution is -2.17. The zero-order chi connectivity index (χ0) is 21.8. The van der Waals surface area contributed by atoms with Crippen LogP contribution in [-0.2, 0) is 4.74 Å². The average Bonchev–Trinajstić information content (AvgIpc) is 3.24. The lowest BCUT2D eigenvalue weighted by Gasteiger charge is -2.11. The summed E-state index contributed by atoms with van der Waals surface area (Å²) in [6.45, 7) is 0. The summed E-state index contributed by atoms with van der Waals surface area (Å²) in [5.74, 6) is -3.98. The van der Waals surface area contributed by atoms with Gasteiger partial charge in [-0.25, -0.2) is 8.78 Å². The molecule has 0 bridgehead atoms. The first-order valence-corrected chi connectivity index (χ1v) is 8.20. The number of non-ortho nitro benzene ring substituents is 1. The van der Waals surface area contributed by atoms with Crippen LogP contribution in [0, 0.1) is 32.6 Å². The Balaban J connectivity index is 1.81. The Hall–Kier alpha value is -4.41. The van der Waals surface area contributed by atoms with Crippen LogP contribution in [0.3, 0.4) is 0 Å². The van der Waals surface area contributed by atoms with Gasteiger partial charge >= 0.3 is 0 Å². The minimum Gasteiger partial charge on any atom is -0.459 e. The highest BCUT2D eigenvalue weighted by Gasteiger charge is 2.19. The smallest absolute Gasteiger partial charge is 0.270 e. The molecule has 0 unspecified atom stereocenters. The average molecular weight is 414 g/mol. The fraction of sp³-hybridized carbons (Fsp3) is 0. The number of benzene rings is 2. The first kappa shape index (κ1) is 20.3. The molecule has 0 spiro atoms. The maximum absolute atomic E-state index is 14.1. The fourth-order valence-electron chi connectivity index (χ4n) is 2.37. The van der Waals surface area contributed by atoms with Crippen LogP contribution in [0.4, 0.5) is 20.2 Å². The van der Waals surface area contributed by atoms with Gasteiger partial charge in [0.2, 0.25) is 5.90 Å². The molecule has 30 heavy (non-hydrogen) atoms. The Kier molecular flexibility index (Phi) is 5.63. The first-order chi connectivity index (χ1) is 14.3. The predicted octanol–water partition coefficient (Wildman–Crippen LogP) is 4.09. The summed E-state index contributed by atoms with van der Waals surface area (Å²) < 4.78 is 38.0. The second-order valence-corrected chi connectivity index (χ2v) is 5.81. The van der Waals surface area contributed by atoms with Crippen molar-refractivity contribution >= 4 is 29.1 Å². The monoisotopic (exact) mass is 414 g/mol. The number of nitro benzene ring substituents is 1. The highest BCUT2D eigenvalue weighted by Crippen LogP contribution is 2.21. The third kappa shape index (κ3) is 4.35. The molecular formula is C19H12F2N4O5. The molecule has 11 heteroatoms. The minimum atomic E-state index is -1.12. The summed E-state index contributed by atoms with van der Waals surface area (Å²) in [7, 11) is 0. The number of nitrogens with one attached hydrogen (secondary N) is 3. The molecule has 0 aliphatic carbocycles. The number of carbonyl (C=O) groups excluding carboxylic acids is 1. The number of anilines is 1. The van der Waals surface area contributed by atoms with Gasteiger partial charge in [-0.05, 0) is 36.4 Å². The van der Waals surface area contributed by atoms with Crippen LogP contribution in [0.2, 0.25) is 0 Å². The molecule has 3 aromatic rings. The zero-order valence-corrected chi connectivity index (χ0v) is 14.9. The summed E-state index contributed by atoms with van der Waals surface area (Å²) in [6.07, 6.45) is 1.31. The van der Waals surface area contributed by atoms with Gasteiger partial charge in [0.1, 0.15) is 11.6 Å². The summed E-state index contributed by atoms with van der Waals surface area (Å²) >= 11 is 0. The first-order valence-electron chi connectivity index (χ1n) is 8.20. The van der Waals surface area contributed by atoms with Crippen LogP contribution >= 0.6 is 0 Å². The van der Waals surface area contributed by atoms with E-state index in [-0.39, 0.29) is 11.3 Å². The van der Waals surface area contributed by atoms with Gasteiger partial charge in [-0.1, -0.05) is 0 Å². The Labute approximate surface area is 167 Å². The molecule has 0 radical (unpaired) electrons. The lowest BCUT2D eigenvalue weighted by atomic mass is 10.1. The molecule has 9 nitrogen and oxygen atoms in total. The molecule has 3 rings (SSSR count). The predicted molar refractivity (Wildman–Crippen MR) is 101 cm³/mol. The highest BCUT2D eigenvalue weighted by molar-refractivity contribution is 6.07. The lowest BCUT2D eigenvalue weighted by molar-refractivity contribution is -0.384. The van der Waals surface area contributed by atoms with Crippen molar-refractivity contribution in [2.24, 2.45) is 0 Å². The molecule has 1 amide bonds. The number of nitrogens with zero attached hydrogens (tertiary/aromatic N) is 1. The van der Waals surface area contributed by atoms with E-state index in [1.54, 1.807) is 0 Å². The Bertz CT molecular complexity index is 1160. The van der Waals surface area contributed by atoms with E-state index in [9.17, 15) is 23.7 Å². The second kappa shape index (κ2) is 8.31. The van der Waals surface area contributed by atoms with Gasteiger partial charge in [-0.3, -0.25) is 25.7 Å². The van der Waals surface area contributed by atoms with Gasteiger partial charge in [0, 0.05) is 17.7 Å². The number of carbonyl (C=O) groups is 1. The normalized spacial score (nSPS) is 10.3. The molecule has 3 N–H and O–H groups in total. The van der Waals surface area contributed by atoms with Crippen LogP contribution in [-0.4, -0.2) is 22.6 Å². The third-order valence-electron chi connectivity index (χ3n) is 3.83. The Morgan fingerprint density at radius 1 is 1.07 bits per heavy atom. The second-order valence-electron chi connectivity index (χ2n) is 5.81. The summed E-state index contributed by atoms with van der Waals surface area (Å²) in [4.78, 5) is 22.3. The van der Waals surface area contributed by atoms with E-state index in [0.29, 0.717) is 0 Å². The van der Waals surface area contributed by atoms with Crippen molar-refractivity contribution in [2.75, 3.05) is 5.32 Å². The van der Waals surface area contributed by atoms with Crippen LogP contribution in [0.5, 0.6) is 0 Å². The van der Waals surface area contributed by atoms with Crippen LogP contribution in [0.1, 0.15) is 21.7 Å². The van der Waals surface area contributed by atoms with Gasteiger partial charge in [-0.2, -0.15) is 0 Å². The van der Waals surface area contributed by atoms with Crippen LogP contribution < -0.4 is 5.32 Å². The van der Waals surface area contributed by atoms with E-state index in [1.807, 2.05) is 0 Å². The molecule has 0 saturated carbocycles. The topological polar surface area (TPSA) is 142 Å². The molecular weight excluding hydrogens is 402 g/mol. The van der Waals surface area contributed by atoms with Crippen molar-refractivity contribution in [2.45, 2.75) is 0 Å². The van der Waals surface area contributed by atoms with Crippen molar-refractivity contribution in [3.8, 4) is 0 Å². The van der Waals surface area contributed by atoms with E-state index in [2.05, 4.69) is 5.32 Å². The van der Waals surface area contributed by atoms with Crippen molar-refractivity contribution in [1.82, 2.24) is 0 Å². The quantitative estimate of drug-likeness (QED) is 0.249. The van der Waals surface area contributed by atoms with Crippen LogP contribution in [0.25, 0.3) is 0 Å². The van der Waals surface area contributed by atoms with Crippen molar-refractivity contribution < 1.29 is 27.7 Å². The molecule has 0 saturated heterocycles. The van der Waals surface area contributed by atoms with Crippen molar-refractivity contribution in [1.29, 1.82) is 10.8 Å². The maximum Gasteiger partial charge on any atom is 0.270 e. The minimum absolute atomic E-state index is 0.00233. The third-order valence-corrected chi connectivity index (χ3v) is 3.83. The molecule has 2 aromatic carbocycles.